The second-order valence-electron chi connectivity index (χ2n) is 6.78. The van der Waals surface area contributed by atoms with Crippen molar-refractivity contribution in [3.05, 3.63) is 48.5 Å². The zero-order valence-electron chi connectivity index (χ0n) is 17.0. The standard InChI is InChI=1S/C21H25N3O5S/c1-28-19-13-12-17(14-20(19)29-2)24(30(26,27)18-10-4-3-5-11-18)15-21(25)23-22-16-8-6-7-9-16/h3-5,10-14H,6-9,15H2,1-2H3,(H,23,25). The van der Waals surface area contributed by atoms with Crippen LogP contribution in [0.3, 0.4) is 0 Å². The average molecular weight is 432 g/mol. The quantitative estimate of drug-likeness (QED) is 0.648. The number of carbonyl (C=O) groups is 1. The van der Waals surface area contributed by atoms with Gasteiger partial charge in [-0.25, -0.2) is 13.8 Å². The molecule has 0 aliphatic heterocycles. The van der Waals surface area contributed by atoms with Gasteiger partial charge >= 0.3 is 0 Å². The Morgan fingerprint density at radius 3 is 2.33 bits per heavy atom. The minimum absolute atomic E-state index is 0.0784. The molecule has 8 nitrogen and oxygen atoms in total. The van der Waals surface area contributed by atoms with E-state index in [9.17, 15) is 13.2 Å². The van der Waals surface area contributed by atoms with Crippen molar-refractivity contribution in [1.29, 1.82) is 0 Å². The topological polar surface area (TPSA) is 97.3 Å². The first kappa shape index (κ1) is 21.6. The number of amides is 1. The molecular formula is C21H25N3O5S. The molecule has 1 amide bonds. The van der Waals surface area contributed by atoms with Crippen molar-refractivity contribution in [3.8, 4) is 11.5 Å². The maximum Gasteiger partial charge on any atom is 0.264 e. The van der Waals surface area contributed by atoms with Gasteiger partial charge in [-0.3, -0.25) is 9.10 Å². The van der Waals surface area contributed by atoms with Crippen molar-refractivity contribution < 1.29 is 22.7 Å². The third kappa shape index (κ3) is 4.91. The van der Waals surface area contributed by atoms with Crippen molar-refractivity contribution in [1.82, 2.24) is 5.43 Å². The number of rotatable bonds is 8. The van der Waals surface area contributed by atoms with E-state index in [1.807, 2.05) is 0 Å². The van der Waals surface area contributed by atoms with Crippen LogP contribution in [0.15, 0.2) is 58.5 Å². The molecular weight excluding hydrogens is 406 g/mol. The summed E-state index contributed by atoms with van der Waals surface area (Å²) in [6, 6.07) is 12.6. The van der Waals surface area contributed by atoms with Gasteiger partial charge in [0.15, 0.2) is 11.5 Å². The zero-order chi connectivity index (χ0) is 21.6. The van der Waals surface area contributed by atoms with Crippen LogP contribution in [0.5, 0.6) is 11.5 Å². The molecule has 9 heteroatoms. The number of hydrogen-bond donors (Lipinski definition) is 1. The van der Waals surface area contributed by atoms with Crippen molar-refractivity contribution in [2.45, 2.75) is 30.6 Å². The molecule has 3 rings (SSSR count). The van der Waals surface area contributed by atoms with Gasteiger partial charge in [-0.05, 0) is 49.9 Å². The van der Waals surface area contributed by atoms with Gasteiger partial charge < -0.3 is 9.47 Å². The predicted octanol–water partition coefficient (Wildman–Crippen LogP) is 2.95. The van der Waals surface area contributed by atoms with Gasteiger partial charge in [-0.15, -0.1) is 0 Å². The van der Waals surface area contributed by atoms with Crippen molar-refractivity contribution in [2.24, 2.45) is 5.10 Å². The summed E-state index contributed by atoms with van der Waals surface area (Å²) in [4.78, 5) is 12.6. The summed E-state index contributed by atoms with van der Waals surface area (Å²) in [5, 5.41) is 4.14. The Morgan fingerprint density at radius 1 is 1.03 bits per heavy atom. The number of nitrogens with one attached hydrogen (secondary N) is 1. The van der Waals surface area contributed by atoms with E-state index in [1.165, 1.54) is 32.4 Å². The fraction of sp³-hybridized carbons (Fsp3) is 0.333. The Labute approximate surface area is 176 Å². The highest BCUT2D eigenvalue weighted by Gasteiger charge is 2.28. The lowest BCUT2D eigenvalue weighted by Crippen LogP contribution is -2.39. The average Bonchev–Trinajstić information content (AvgIpc) is 3.30. The SMILES string of the molecule is COc1ccc(N(CC(=O)NN=C2CCCC2)S(=O)(=O)c2ccccc2)cc1OC. The van der Waals surface area contributed by atoms with Crippen LogP contribution < -0.4 is 19.2 Å². The number of nitrogens with zero attached hydrogens (tertiary/aromatic N) is 2. The van der Waals surface area contributed by atoms with Crippen LogP contribution in [0.1, 0.15) is 25.7 Å². The first-order valence-electron chi connectivity index (χ1n) is 9.60. The number of anilines is 1. The van der Waals surface area contributed by atoms with Crippen LogP contribution in [-0.2, 0) is 14.8 Å². The predicted molar refractivity (Wildman–Crippen MR) is 115 cm³/mol. The Bertz CT molecular complexity index is 1010. The molecule has 1 aliphatic carbocycles. The van der Waals surface area contributed by atoms with Gasteiger partial charge in [-0.1, -0.05) is 18.2 Å². The molecule has 1 aliphatic rings. The van der Waals surface area contributed by atoms with Crippen molar-refractivity contribution >= 4 is 27.3 Å². The smallest absolute Gasteiger partial charge is 0.264 e. The first-order valence-corrected chi connectivity index (χ1v) is 11.0. The Kier molecular flexibility index (Phi) is 6.94. The van der Waals surface area contributed by atoms with E-state index >= 15 is 0 Å². The summed E-state index contributed by atoms with van der Waals surface area (Å²) < 4.78 is 38.2. The van der Waals surface area contributed by atoms with Gasteiger partial charge in [0.1, 0.15) is 6.54 Å². The molecule has 0 spiro atoms. The fourth-order valence-electron chi connectivity index (χ4n) is 3.22. The second kappa shape index (κ2) is 9.62. The Hall–Kier alpha value is -3.07. The highest BCUT2D eigenvalue weighted by Crippen LogP contribution is 2.33. The number of benzene rings is 2. The molecule has 30 heavy (non-hydrogen) atoms. The van der Waals surface area contributed by atoms with E-state index in [0.29, 0.717) is 11.5 Å². The molecule has 0 saturated heterocycles. The summed E-state index contributed by atoms with van der Waals surface area (Å²) in [7, 11) is -1.05. The van der Waals surface area contributed by atoms with E-state index in [4.69, 9.17) is 9.47 Å². The van der Waals surface area contributed by atoms with E-state index in [-0.39, 0.29) is 10.6 Å². The monoisotopic (exact) mass is 431 g/mol. The molecule has 0 bridgehead atoms. The lowest BCUT2D eigenvalue weighted by atomic mass is 10.2. The molecule has 0 unspecified atom stereocenters. The molecule has 0 radical (unpaired) electrons. The molecule has 2 aromatic carbocycles. The van der Waals surface area contributed by atoms with Crippen LogP contribution >= 0.6 is 0 Å². The minimum atomic E-state index is -4.00. The van der Waals surface area contributed by atoms with Crippen LogP contribution in [0.4, 0.5) is 5.69 Å². The van der Waals surface area contributed by atoms with Gasteiger partial charge in [0.2, 0.25) is 0 Å². The Morgan fingerprint density at radius 2 is 1.70 bits per heavy atom. The zero-order valence-corrected chi connectivity index (χ0v) is 17.8. The third-order valence-electron chi connectivity index (χ3n) is 4.79. The molecule has 1 saturated carbocycles. The highest BCUT2D eigenvalue weighted by molar-refractivity contribution is 7.92. The number of sulfonamides is 1. The summed E-state index contributed by atoms with van der Waals surface area (Å²) in [6.07, 6.45) is 3.80. The lowest BCUT2D eigenvalue weighted by molar-refractivity contribution is -0.119. The van der Waals surface area contributed by atoms with Gasteiger partial charge in [-0.2, -0.15) is 5.10 Å². The molecule has 0 atom stereocenters. The fourth-order valence-corrected chi connectivity index (χ4v) is 4.65. The number of hydrogen-bond acceptors (Lipinski definition) is 6. The largest absolute Gasteiger partial charge is 0.493 e. The number of carbonyl (C=O) groups excluding carboxylic acids is 1. The summed E-state index contributed by atoms with van der Waals surface area (Å²) in [5.74, 6) is 0.286. The molecule has 2 aromatic rings. The summed E-state index contributed by atoms with van der Waals surface area (Å²) >= 11 is 0. The lowest BCUT2D eigenvalue weighted by Gasteiger charge is -2.24. The van der Waals surface area contributed by atoms with Crippen LogP contribution in [0.2, 0.25) is 0 Å². The molecule has 1 N–H and O–H groups in total. The van der Waals surface area contributed by atoms with Gasteiger partial charge in [0.05, 0.1) is 24.8 Å². The summed E-state index contributed by atoms with van der Waals surface area (Å²) in [5.41, 5.74) is 3.69. The van der Waals surface area contributed by atoms with Crippen LogP contribution in [0, 0.1) is 0 Å². The minimum Gasteiger partial charge on any atom is -0.493 e. The first-order chi connectivity index (χ1) is 14.5. The molecule has 0 aromatic heterocycles. The van der Waals surface area contributed by atoms with Crippen molar-refractivity contribution in [3.63, 3.8) is 0 Å². The van der Waals surface area contributed by atoms with Gasteiger partial charge in [0.25, 0.3) is 15.9 Å². The molecule has 0 heterocycles. The van der Waals surface area contributed by atoms with Crippen molar-refractivity contribution in [2.75, 3.05) is 25.1 Å². The number of methoxy groups -OCH3 is 2. The van der Waals surface area contributed by atoms with Crippen LogP contribution in [0.25, 0.3) is 0 Å². The molecule has 160 valence electrons. The van der Waals surface area contributed by atoms with E-state index in [2.05, 4.69) is 10.5 Å². The second-order valence-corrected chi connectivity index (χ2v) is 8.65. The highest BCUT2D eigenvalue weighted by atomic mass is 32.2. The van der Waals surface area contributed by atoms with E-state index in [1.54, 1.807) is 30.3 Å². The number of ether oxygens (including phenoxy) is 2. The van der Waals surface area contributed by atoms with Crippen LogP contribution in [-0.4, -0.2) is 40.8 Å². The third-order valence-corrected chi connectivity index (χ3v) is 6.58. The van der Waals surface area contributed by atoms with E-state index in [0.717, 1.165) is 35.7 Å². The number of hydrazone groups is 1. The maximum atomic E-state index is 13.3. The van der Waals surface area contributed by atoms with E-state index < -0.39 is 22.5 Å². The molecule has 1 fully saturated rings. The Balaban J connectivity index is 1.94. The summed E-state index contributed by atoms with van der Waals surface area (Å²) in [6.45, 7) is -0.427. The van der Waals surface area contributed by atoms with Gasteiger partial charge in [0, 0.05) is 11.8 Å². The normalized spacial score (nSPS) is 13.6. The maximum absolute atomic E-state index is 13.3.